The van der Waals surface area contributed by atoms with Gasteiger partial charge in [-0.05, 0) is 62.2 Å². The van der Waals surface area contributed by atoms with E-state index >= 15 is 0 Å². The Kier molecular flexibility index (Phi) is 5.23. The van der Waals surface area contributed by atoms with Gasteiger partial charge in [-0.3, -0.25) is 4.79 Å². The van der Waals surface area contributed by atoms with Gasteiger partial charge in [0, 0.05) is 41.2 Å². The van der Waals surface area contributed by atoms with E-state index in [9.17, 15) is 4.79 Å². The molecule has 0 aliphatic heterocycles. The zero-order chi connectivity index (χ0) is 14.7. The molecule has 3 nitrogen and oxygen atoms in total. The lowest BCUT2D eigenvalue weighted by Gasteiger charge is -2.11. The number of carbonyl (C=O) groups excluding carboxylic acids is 1. The predicted molar refractivity (Wildman–Crippen MR) is 91.5 cm³/mol. The molecule has 0 fully saturated rings. The molecule has 1 heterocycles. The Balaban J connectivity index is 1.99. The Hall–Kier alpha value is -0.850. The summed E-state index contributed by atoms with van der Waals surface area (Å²) in [4.78, 5) is 14.6. The summed E-state index contributed by atoms with van der Waals surface area (Å²) in [6.45, 7) is 0.760. The molecule has 2 rings (SSSR count). The number of halogens is 2. The first-order valence-corrected chi connectivity index (χ1v) is 8.37. The van der Waals surface area contributed by atoms with E-state index in [1.54, 1.807) is 30.3 Å². The fourth-order valence-corrected chi connectivity index (χ4v) is 3.77. The molecule has 0 aliphatic rings. The van der Waals surface area contributed by atoms with Gasteiger partial charge in [0.25, 0.3) is 5.91 Å². The van der Waals surface area contributed by atoms with Gasteiger partial charge in [-0.2, -0.15) is 0 Å². The second kappa shape index (κ2) is 6.74. The van der Waals surface area contributed by atoms with E-state index in [0.29, 0.717) is 5.56 Å². The van der Waals surface area contributed by atoms with Crippen molar-refractivity contribution in [2.75, 3.05) is 19.4 Å². The third-order valence-electron chi connectivity index (χ3n) is 2.70. The van der Waals surface area contributed by atoms with Gasteiger partial charge in [-0.25, -0.2) is 0 Å². The monoisotopic (exact) mass is 416 g/mol. The highest BCUT2D eigenvalue weighted by Crippen LogP contribution is 2.32. The topological polar surface area (TPSA) is 32.3 Å². The number of amides is 1. The summed E-state index contributed by atoms with van der Waals surface area (Å²) in [6.07, 6.45) is 0. The Labute approximate surface area is 139 Å². The summed E-state index contributed by atoms with van der Waals surface area (Å²) < 4.78 is 2.17. The van der Waals surface area contributed by atoms with Crippen molar-refractivity contribution in [1.29, 1.82) is 0 Å². The maximum atomic E-state index is 11.8. The van der Waals surface area contributed by atoms with Crippen molar-refractivity contribution in [2.45, 2.75) is 6.54 Å². The highest BCUT2D eigenvalue weighted by atomic mass is 79.9. The van der Waals surface area contributed by atoms with Crippen LogP contribution in [0.4, 0.5) is 5.69 Å². The fraction of sp³-hybridized carbons (Fsp3) is 0.214. The smallest absolute Gasteiger partial charge is 0.253 e. The van der Waals surface area contributed by atoms with Crippen LogP contribution in [-0.4, -0.2) is 24.9 Å². The van der Waals surface area contributed by atoms with E-state index in [4.69, 9.17) is 0 Å². The molecule has 1 aromatic heterocycles. The normalized spacial score (nSPS) is 10.4. The Morgan fingerprint density at radius 1 is 1.25 bits per heavy atom. The van der Waals surface area contributed by atoms with Gasteiger partial charge >= 0.3 is 0 Å². The standard InChI is InChI=1S/C14H14Br2N2OS/c1-18(2)14(19)9-3-5-10(6-4-9)17-8-11-7-12(15)13(16)20-11/h3-7,17H,8H2,1-2H3. The van der Waals surface area contributed by atoms with Crippen molar-refractivity contribution in [2.24, 2.45) is 0 Å². The number of anilines is 1. The molecule has 1 amide bonds. The predicted octanol–water partition coefficient (Wildman–Crippen LogP) is 4.59. The van der Waals surface area contributed by atoms with Gasteiger partial charge in [0.05, 0.1) is 3.79 Å². The molecule has 0 radical (unpaired) electrons. The van der Waals surface area contributed by atoms with Gasteiger partial charge in [0.2, 0.25) is 0 Å². The van der Waals surface area contributed by atoms with Gasteiger partial charge in [0.1, 0.15) is 0 Å². The van der Waals surface area contributed by atoms with Gasteiger partial charge in [0.15, 0.2) is 0 Å². The minimum Gasteiger partial charge on any atom is -0.380 e. The maximum absolute atomic E-state index is 11.8. The minimum atomic E-state index is 0.0164. The van der Waals surface area contributed by atoms with Gasteiger partial charge in [-0.1, -0.05) is 0 Å². The number of carbonyl (C=O) groups is 1. The van der Waals surface area contributed by atoms with E-state index in [1.807, 2.05) is 24.3 Å². The van der Waals surface area contributed by atoms with Crippen LogP contribution in [0, 0.1) is 0 Å². The molecular weight excluding hydrogens is 404 g/mol. The minimum absolute atomic E-state index is 0.0164. The van der Waals surface area contributed by atoms with Crippen molar-refractivity contribution in [3.63, 3.8) is 0 Å². The van der Waals surface area contributed by atoms with Crippen LogP contribution in [0.5, 0.6) is 0 Å². The SMILES string of the molecule is CN(C)C(=O)c1ccc(NCc2cc(Br)c(Br)s2)cc1. The van der Waals surface area contributed by atoms with Crippen molar-refractivity contribution >= 4 is 54.8 Å². The van der Waals surface area contributed by atoms with Crippen LogP contribution in [0.2, 0.25) is 0 Å². The zero-order valence-electron chi connectivity index (χ0n) is 11.1. The lowest BCUT2D eigenvalue weighted by Crippen LogP contribution is -2.21. The van der Waals surface area contributed by atoms with Crippen LogP contribution >= 0.6 is 43.2 Å². The second-order valence-electron chi connectivity index (χ2n) is 4.46. The molecule has 2 aromatic rings. The quantitative estimate of drug-likeness (QED) is 0.788. The zero-order valence-corrected chi connectivity index (χ0v) is 15.1. The van der Waals surface area contributed by atoms with Crippen molar-refractivity contribution in [1.82, 2.24) is 4.90 Å². The Bertz CT molecular complexity index is 589. The summed E-state index contributed by atoms with van der Waals surface area (Å²) in [5.41, 5.74) is 1.70. The lowest BCUT2D eigenvalue weighted by molar-refractivity contribution is 0.0827. The highest BCUT2D eigenvalue weighted by molar-refractivity contribution is 9.13. The van der Waals surface area contributed by atoms with Crippen molar-refractivity contribution in [3.05, 3.63) is 49.0 Å². The average Bonchev–Trinajstić information content (AvgIpc) is 2.75. The average molecular weight is 418 g/mol. The summed E-state index contributed by atoms with van der Waals surface area (Å²) >= 11 is 8.65. The molecule has 0 bridgehead atoms. The van der Waals surface area contributed by atoms with Crippen molar-refractivity contribution < 1.29 is 4.79 Å². The molecule has 0 aliphatic carbocycles. The van der Waals surface area contributed by atoms with Crippen LogP contribution in [-0.2, 0) is 6.54 Å². The van der Waals surface area contributed by atoms with E-state index in [2.05, 4.69) is 43.2 Å². The Morgan fingerprint density at radius 3 is 2.40 bits per heavy atom. The van der Waals surface area contributed by atoms with Crippen LogP contribution < -0.4 is 5.32 Å². The number of hydrogen-bond acceptors (Lipinski definition) is 3. The van der Waals surface area contributed by atoms with Gasteiger partial charge < -0.3 is 10.2 Å². The van der Waals surface area contributed by atoms with Crippen LogP contribution in [0.1, 0.15) is 15.2 Å². The fourth-order valence-electron chi connectivity index (χ4n) is 1.66. The van der Waals surface area contributed by atoms with E-state index in [0.717, 1.165) is 20.5 Å². The molecule has 0 saturated carbocycles. The van der Waals surface area contributed by atoms with Crippen molar-refractivity contribution in [3.8, 4) is 0 Å². The second-order valence-corrected chi connectivity index (χ2v) is 7.77. The molecule has 0 unspecified atom stereocenters. The molecule has 0 saturated heterocycles. The molecule has 1 aromatic carbocycles. The maximum Gasteiger partial charge on any atom is 0.253 e. The number of nitrogens with one attached hydrogen (secondary N) is 1. The number of benzene rings is 1. The van der Waals surface area contributed by atoms with Crippen LogP contribution in [0.15, 0.2) is 38.6 Å². The first-order chi connectivity index (χ1) is 9.47. The van der Waals surface area contributed by atoms with Gasteiger partial charge in [-0.15, -0.1) is 11.3 Å². The summed E-state index contributed by atoms with van der Waals surface area (Å²) in [5.74, 6) is 0.0164. The first kappa shape index (κ1) is 15.5. The number of hydrogen-bond donors (Lipinski definition) is 1. The van der Waals surface area contributed by atoms with Crippen LogP contribution in [0.3, 0.4) is 0 Å². The summed E-state index contributed by atoms with van der Waals surface area (Å²) in [7, 11) is 3.50. The number of nitrogens with zero attached hydrogens (tertiary/aromatic N) is 1. The molecular formula is C14H14Br2N2OS. The molecule has 1 N–H and O–H groups in total. The molecule has 6 heteroatoms. The molecule has 0 spiro atoms. The summed E-state index contributed by atoms with van der Waals surface area (Å²) in [6, 6.07) is 9.62. The summed E-state index contributed by atoms with van der Waals surface area (Å²) in [5, 5.41) is 3.34. The number of rotatable bonds is 4. The third kappa shape index (κ3) is 3.84. The Morgan fingerprint density at radius 2 is 1.90 bits per heavy atom. The third-order valence-corrected chi connectivity index (χ3v) is 5.96. The molecule has 106 valence electrons. The van der Waals surface area contributed by atoms with E-state index < -0.39 is 0 Å². The van der Waals surface area contributed by atoms with E-state index in [1.165, 1.54) is 4.88 Å². The van der Waals surface area contributed by atoms with Crippen LogP contribution in [0.25, 0.3) is 0 Å². The highest BCUT2D eigenvalue weighted by Gasteiger charge is 2.07. The molecule has 0 atom stereocenters. The first-order valence-electron chi connectivity index (χ1n) is 5.96. The van der Waals surface area contributed by atoms with E-state index in [-0.39, 0.29) is 5.91 Å². The largest absolute Gasteiger partial charge is 0.380 e. The lowest BCUT2D eigenvalue weighted by atomic mass is 10.2. The number of thiophene rings is 1. The molecule has 20 heavy (non-hydrogen) atoms.